The van der Waals surface area contributed by atoms with Gasteiger partial charge in [0.15, 0.2) is 0 Å². The average molecular weight is 272 g/mol. The molecule has 0 saturated carbocycles. The summed E-state index contributed by atoms with van der Waals surface area (Å²) in [5, 5.41) is 0. The molecular formula is C14H19ClFNO. The summed E-state index contributed by atoms with van der Waals surface area (Å²) in [4.78, 5) is 13.9. The molecule has 1 amide bonds. The van der Waals surface area contributed by atoms with E-state index in [1.807, 2.05) is 6.92 Å². The van der Waals surface area contributed by atoms with Crippen LogP contribution >= 0.6 is 11.6 Å². The molecule has 0 aliphatic carbocycles. The maximum atomic E-state index is 13.7. The third-order valence-corrected chi connectivity index (χ3v) is 2.94. The number of rotatable bonds is 6. The van der Waals surface area contributed by atoms with E-state index in [9.17, 15) is 9.18 Å². The van der Waals surface area contributed by atoms with E-state index in [4.69, 9.17) is 11.6 Å². The second-order valence-electron chi connectivity index (χ2n) is 4.32. The van der Waals surface area contributed by atoms with Crippen LogP contribution in [0.25, 0.3) is 0 Å². The van der Waals surface area contributed by atoms with Gasteiger partial charge in [-0.25, -0.2) is 4.39 Å². The van der Waals surface area contributed by atoms with Gasteiger partial charge in [-0.1, -0.05) is 25.0 Å². The SMILES string of the molecule is CCCCN(CCCl)C(=O)c1cc(C)ccc1F. The van der Waals surface area contributed by atoms with E-state index in [2.05, 4.69) is 6.92 Å². The Morgan fingerprint density at radius 3 is 2.72 bits per heavy atom. The Kier molecular flexibility index (Phi) is 6.13. The van der Waals surface area contributed by atoms with Crippen LogP contribution in [0.4, 0.5) is 4.39 Å². The highest BCUT2D eigenvalue weighted by Crippen LogP contribution is 2.13. The number of alkyl halides is 1. The van der Waals surface area contributed by atoms with Gasteiger partial charge >= 0.3 is 0 Å². The lowest BCUT2D eigenvalue weighted by Gasteiger charge is -2.22. The highest BCUT2D eigenvalue weighted by Gasteiger charge is 2.18. The highest BCUT2D eigenvalue weighted by molar-refractivity contribution is 6.18. The Hall–Kier alpha value is -1.09. The van der Waals surface area contributed by atoms with Crippen molar-refractivity contribution in [3.8, 4) is 0 Å². The van der Waals surface area contributed by atoms with Crippen LogP contribution in [0.1, 0.15) is 35.7 Å². The number of nitrogens with zero attached hydrogens (tertiary/aromatic N) is 1. The Bertz CT molecular complexity index is 409. The van der Waals surface area contributed by atoms with E-state index in [0.29, 0.717) is 19.0 Å². The second-order valence-corrected chi connectivity index (χ2v) is 4.70. The number of halogens is 2. The van der Waals surface area contributed by atoms with Crippen LogP contribution in [0, 0.1) is 12.7 Å². The average Bonchev–Trinajstić information content (AvgIpc) is 2.36. The van der Waals surface area contributed by atoms with E-state index in [0.717, 1.165) is 18.4 Å². The van der Waals surface area contributed by atoms with E-state index in [1.165, 1.54) is 6.07 Å². The van der Waals surface area contributed by atoms with Gasteiger partial charge < -0.3 is 4.90 Å². The molecule has 0 heterocycles. The minimum atomic E-state index is -0.471. The summed E-state index contributed by atoms with van der Waals surface area (Å²) in [6.07, 6.45) is 1.89. The van der Waals surface area contributed by atoms with Crippen LogP contribution in [0.3, 0.4) is 0 Å². The Labute approximate surface area is 113 Å². The fourth-order valence-corrected chi connectivity index (χ4v) is 1.94. The Morgan fingerprint density at radius 2 is 2.11 bits per heavy atom. The highest BCUT2D eigenvalue weighted by atomic mass is 35.5. The number of carbonyl (C=O) groups excluding carboxylic acids is 1. The summed E-state index contributed by atoms with van der Waals surface area (Å²) in [6.45, 7) is 4.97. The van der Waals surface area contributed by atoms with Gasteiger partial charge in [-0.05, 0) is 25.5 Å². The van der Waals surface area contributed by atoms with Gasteiger partial charge in [0.25, 0.3) is 5.91 Å². The molecule has 100 valence electrons. The van der Waals surface area contributed by atoms with Crippen LogP contribution < -0.4 is 0 Å². The zero-order chi connectivity index (χ0) is 13.5. The molecule has 4 heteroatoms. The van der Waals surface area contributed by atoms with Gasteiger partial charge in [0.1, 0.15) is 5.82 Å². The first-order chi connectivity index (χ1) is 8.60. The Balaban J connectivity index is 2.90. The first-order valence-electron chi connectivity index (χ1n) is 6.21. The molecule has 1 aromatic carbocycles. The molecule has 0 saturated heterocycles. The van der Waals surface area contributed by atoms with Crippen molar-refractivity contribution in [1.29, 1.82) is 0 Å². The van der Waals surface area contributed by atoms with Crippen molar-refractivity contribution < 1.29 is 9.18 Å². The smallest absolute Gasteiger partial charge is 0.256 e. The number of amides is 1. The summed E-state index contributed by atoms with van der Waals surface area (Å²) in [5.41, 5.74) is 1.01. The third-order valence-electron chi connectivity index (χ3n) is 2.78. The van der Waals surface area contributed by atoms with Gasteiger partial charge in [-0.2, -0.15) is 0 Å². The first kappa shape index (κ1) is 15.0. The second kappa shape index (κ2) is 7.37. The number of benzene rings is 1. The topological polar surface area (TPSA) is 20.3 Å². The minimum absolute atomic E-state index is 0.135. The standard InChI is InChI=1S/C14H19ClFNO/c1-3-4-8-17(9-7-15)14(18)12-10-11(2)5-6-13(12)16/h5-6,10H,3-4,7-9H2,1-2H3. The molecule has 0 N–H and O–H groups in total. The van der Waals surface area contributed by atoms with Crippen molar-refractivity contribution in [1.82, 2.24) is 4.90 Å². The van der Waals surface area contributed by atoms with E-state index < -0.39 is 5.82 Å². The summed E-state index contributed by atoms with van der Waals surface area (Å²) in [6, 6.07) is 4.58. The monoisotopic (exact) mass is 271 g/mol. The summed E-state index contributed by atoms with van der Waals surface area (Å²) >= 11 is 5.69. The maximum absolute atomic E-state index is 13.7. The largest absolute Gasteiger partial charge is 0.337 e. The minimum Gasteiger partial charge on any atom is -0.337 e. The van der Waals surface area contributed by atoms with Crippen LogP contribution in [-0.4, -0.2) is 29.8 Å². The molecule has 0 fully saturated rings. The van der Waals surface area contributed by atoms with Crippen molar-refractivity contribution in [2.45, 2.75) is 26.7 Å². The van der Waals surface area contributed by atoms with E-state index in [-0.39, 0.29) is 11.5 Å². The zero-order valence-electron chi connectivity index (χ0n) is 10.9. The fraction of sp³-hybridized carbons (Fsp3) is 0.500. The van der Waals surface area contributed by atoms with Crippen molar-refractivity contribution in [3.05, 3.63) is 35.1 Å². The molecule has 0 bridgehead atoms. The van der Waals surface area contributed by atoms with Crippen molar-refractivity contribution in [2.24, 2.45) is 0 Å². The number of aryl methyl sites for hydroxylation is 1. The molecule has 0 aliphatic rings. The molecule has 1 aromatic rings. The summed E-state index contributed by atoms with van der Waals surface area (Å²) in [7, 11) is 0. The third kappa shape index (κ3) is 3.98. The molecule has 1 rings (SSSR count). The zero-order valence-corrected chi connectivity index (χ0v) is 11.6. The molecule has 2 nitrogen and oxygen atoms in total. The van der Waals surface area contributed by atoms with Crippen molar-refractivity contribution in [3.63, 3.8) is 0 Å². The molecular weight excluding hydrogens is 253 g/mol. The number of unbranched alkanes of at least 4 members (excludes halogenated alkanes) is 1. The predicted molar refractivity (Wildman–Crippen MR) is 72.7 cm³/mol. The molecule has 0 spiro atoms. The molecule has 0 atom stereocenters. The van der Waals surface area contributed by atoms with Crippen molar-refractivity contribution in [2.75, 3.05) is 19.0 Å². The number of hydrogen-bond acceptors (Lipinski definition) is 1. The first-order valence-corrected chi connectivity index (χ1v) is 6.75. The lowest BCUT2D eigenvalue weighted by atomic mass is 10.1. The van der Waals surface area contributed by atoms with Gasteiger partial charge in [0, 0.05) is 19.0 Å². The van der Waals surface area contributed by atoms with Crippen molar-refractivity contribution >= 4 is 17.5 Å². The van der Waals surface area contributed by atoms with E-state index in [1.54, 1.807) is 17.0 Å². The lowest BCUT2D eigenvalue weighted by Crippen LogP contribution is -2.34. The molecule has 18 heavy (non-hydrogen) atoms. The number of hydrogen-bond donors (Lipinski definition) is 0. The maximum Gasteiger partial charge on any atom is 0.256 e. The Morgan fingerprint density at radius 1 is 1.39 bits per heavy atom. The molecule has 0 unspecified atom stereocenters. The van der Waals surface area contributed by atoms with Crippen LogP contribution in [0.15, 0.2) is 18.2 Å². The molecule has 0 radical (unpaired) electrons. The quantitative estimate of drug-likeness (QED) is 0.724. The molecule has 0 aromatic heterocycles. The van der Waals surface area contributed by atoms with Gasteiger partial charge in [0.2, 0.25) is 0 Å². The lowest BCUT2D eigenvalue weighted by molar-refractivity contribution is 0.0758. The fourth-order valence-electron chi connectivity index (χ4n) is 1.74. The normalized spacial score (nSPS) is 10.4. The number of carbonyl (C=O) groups is 1. The van der Waals surface area contributed by atoms with Crippen LogP contribution in [-0.2, 0) is 0 Å². The van der Waals surface area contributed by atoms with Gasteiger partial charge in [0.05, 0.1) is 5.56 Å². The van der Waals surface area contributed by atoms with Gasteiger partial charge in [-0.3, -0.25) is 4.79 Å². The van der Waals surface area contributed by atoms with Crippen LogP contribution in [0.5, 0.6) is 0 Å². The summed E-state index contributed by atoms with van der Waals surface area (Å²) in [5.74, 6) is -0.380. The van der Waals surface area contributed by atoms with Gasteiger partial charge in [-0.15, -0.1) is 11.6 Å². The molecule has 0 aliphatic heterocycles. The van der Waals surface area contributed by atoms with E-state index >= 15 is 0 Å². The predicted octanol–water partition coefficient (Wildman–Crippen LogP) is 3.62. The summed E-state index contributed by atoms with van der Waals surface area (Å²) < 4.78 is 13.7. The van der Waals surface area contributed by atoms with Crippen LogP contribution in [0.2, 0.25) is 0 Å².